The Labute approximate surface area is 149 Å². The molecule has 1 heterocycles. The number of aromatic nitrogens is 2. The SMILES string of the molecule is CC(C)(C)OC(=O)NC1(CNc2ncc3cc(Br)ccc3n2)CC1. The van der Waals surface area contributed by atoms with Crippen LogP contribution in [0.15, 0.2) is 28.9 Å². The van der Waals surface area contributed by atoms with Gasteiger partial charge in [-0.15, -0.1) is 0 Å². The minimum absolute atomic E-state index is 0.264. The standard InChI is InChI=1S/C17H21BrN4O2/c1-16(2,3)24-15(23)22-17(6-7-17)10-20-14-19-9-11-8-12(18)4-5-13(11)21-14/h4-5,8-9H,6-7,10H2,1-3H3,(H,22,23)(H,19,20,21). The number of carbonyl (C=O) groups excluding carboxylic acids is 1. The van der Waals surface area contributed by atoms with E-state index in [1.807, 2.05) is 39.0 Å². The molecule has 1 saturated carbocycles. The number of rotatable bonds is 4. The van der Waals surface area contributed by atoms with Crippen LogP contribution in [0.25, 0.3) is 10.9 Å². The quantitative estimate of drug-likeness (QED) is 0.825. The number of nitrogens with zero attached hydrogens (tertiary/aromatic N) is 2. The number of ether oxygens (including phenoxy) is 1. The molecular weight excluding hydrogens is 372 g/mol. The van der Waals surface area contributed by atoms with Crippen LogP contribution in [0.1, 0.15) is 33.6 Å². The molecule has 128 valence electrons. The first-order chi connectivity index (χ1) is 11.2. The molecule has 0 atom stereocenters. The summed E-state index contributed by atoms with van der Waals surface area (Å²) in [5.41, 5.74) is 0.115. The maximum atomic E-state index is 11.9. The zero-order chi connectivity index (χ0) is 17.4. The Balaban J connectivity index is 1.61. The number of nitrogens with one attached hydrogen (secondary N) is 2. The number of anilines is 1. The predicted octanol–water partition coefficient (Wildman–Crippen LogP) is 3.86. The first-order valence-electron chi connectivity index (χ1n) is 7.92. The third-order valence-electron chi connectivity index (χ3n) is 3.75. The van der Waals surface area contributed by atoms with Gasteiger partial charge in [-0.2, -0.15) is 0 Å². The van der Waals surface area contributed by atoms with Crippen LogP contribution in [-0.2, 0) is 4.74 Å². The topological polar surface area (TPSA) is 76.1 Å². The van der Waals surface area contributed by atoms with Gasteiger partial charge in [-0.25, -0.2) is 14.8 Å². The van der Waals surface area contributed by atoms with Crippen LogP contribution in [0.3, 0.4) is 0 Å². The van der Waals surface area contributed by atoms with E-state index in [0.717, 1.165) is 28.2 Å². The third-order valence-corrected chi connectivity index (χ3v) is 4.24. The summed E-state index contributed by atoms with van der Waals surface area (Å²) in [5.74, 6) is 0.557. The van der Waals surface area contributed by atoms with Crippen LogP contribution in [-0.4, -0.2) is 33.7 Å². The molecule has 0 unspecified atom stereocenters. The first-order valence-corrected chi connectivity index (χ1v) is 8.71. The molecule has 0 bridgehead atoms. The van der Waals surface area contributed by atoms with Gasteiger partial charge in [0.2, 0.25) is 5.95 Å². The molecule has 1 aliphatic carbocycles. The monoisotopic (exact) mass is 392 g/mol. The smallest absolute Gasteiger partial charge is 0.408 e. The summed E-state index contributed by atoms with van der Waals surface area (Å²) in [5, 5.41) is 7.15. The number of amides is 1. The fourth-order valence-electron chi connectivity index (χ4n) is 2.35. The molecule has 24 heavy (non-hydrogen) atoms. The third kappa shape index (κ3) is 4.35. The van der Waals surface area contributed by atoms with Gasteiger partial charge in [0.25, 0.3) is 0 Å². The highest BCUT2D eigenvalue weighted by Crippen LogP contribution is 2.35. The van der Waals surface area contributed by atoms with Gasteiger partial charge in [0.15, 0.2) is 0 Å². The Kier molecular flexibility index (Phi) is 4.38. The lowest BCUT2D eigenvalue weighted by Crippen LogP contribution is -2.44. The molecule has 0 aliphatic heterocycles. The Morgan fingerprint density at radius 1 is 1.38 bits per heavy atom. The zero-order valence-electron chi connectivity index (χ0n) is 14.0. The van der Waals surface area contributed by atoms with Crippen molar-refractivity contribution in [2.75, 3.05) is 11.9 Å². The van der Waals surface area contributed by atoms with Gasteiger partial charge in [0.05, 0.1) is 11.1 Å². The van der Waals surface area contributed by atoms with E-state index in [4.69, 9.17) is 4.74 Å². The van der Waals surface area contributed by atoms with Crippen LogP contribution in [0.2, 0.25) is 0 Å². The number of fused-ring (bicyclic) bond motifs is 1. The molecule has 0 saturated heterocycles. The molecule has 1 amide bonds. The molecule has 2 aromatic rings. The maximum absolute atomic E-state index is 11.9. The average molecular weight is 393 g/mol. The van der Waals surface area contributed by atoms with Gasteiger partial charge in [0, 0.05) is 22.6 Å². The fraction of sp³-hybridized carbons (Fsp3) is 0.471. The fourth-order valence-corrected chi connectivity index (χ4v) is 2.73. The van der Waals surface area contributed by atoms with Gasteiger partial charge in [-0.1, -0.05) is 15.9 Å². The molecule has 1 fully saturated rings. The largest absolute Gasteiger partial charge is 0.444 e. The second-order valence-electron chi connectivity index (χ2n) is 7.16. The molecule has 1 aromatic heterocycles. The molecule has 1 aliphatic rings. The van der Waals surface area contributed by atoms with Gasteiger partial charge >= 0.3 is 6.09 Å². The zero-order valence-corrected chi connectivity index (χ0v) is 15.6. The van der Waals surface area contributed by atoms with E-state index in [1.165, 1.54) is 0 Å². The lowest BCUT2D eigenvalue weighted by atomic mass is 10.2. The Morgan fingerprint density at radius 3 is 2.79 bits per heavy atom. The van der Waals surface area contributed by atoms with Gasteiger partial charge in [-0.05, 0) is 51.8 Å². The summed E-state index contributed by atoms with van der Waals surface area (Å²) < 4.78 is 6.32. The molecule has 3 rings (SSSR count). The van der Waals surface area contributed by atoms with Crippen molar-refractivity contribution in [2.45, 2.75) is 44.8 Å². The number of hydrogen-bond acceptors (Lipinski definition) is 5. The molecule has 7 heteroatoms. The van der Waals surface area contributed by atoms with Gasteiger partial charge in [-0.3, -0.25) is 0 Å². The van der Waals surface area contributed by atoms with Crippen molar-refractivity contribution in [1.82, 2.24) is 15.3 Å². The summed E-state index contributed by atoms with van der Waals surface area (Å²) in [6.45, 7) is 6.14. The van der Waals surface area contributed by atoms with Gasteiger partial charge < -0.3 is 15.4 Å². The van der Waals surface area contributed by atoms with E-state index in [1.54, 1.807) is 6.20 Å². The maximum Gasteiger partial charge on any atom is 0.408 e. The van der Waals surface area contributed by atoms with Crippen LogP contribution < -0.4 is 10.6 Å². The molecular formula is C17H21BrN4O2. The van der Waals surface area contributed by atoms with Crippen LogP contribution in [0.4, 0.5) is 10.7 Å². The Hall–Kier alpha value is -1.89. The lowest BCUT2D eigenvalue weighted by molar-refractivity contribution is 0.0500. The first kappa shape index (κ1) is 17.0. The summed E-state index contributed by atoms with van der Waals surface area (Å²) in [6, 6.07) is 5.87. The van der Waals surface area contributed by atoms with Crippen molar-refractivity contribution in [3.05, 3.63) is 28.9 Å². The van der Waals surface area contributed by atoms with E-state index in [-0.39, 0.29) is 11.6 Å². The number of halogens is 1. The van der Waals surface area contributed by atoms with E-state index >= 15 is 0 Å². The van der Waals surface area contributed by atoms with Crippen molar-refractivity contribution in [1.29, 1.82) is 0 Å². The van der Waals surface area contributed by atoms with Crippen molar-refractivity contribution >= 4 is 38.9 Å². The van der Waals surface area contributed by atoms with Crippen LogP contribution in [0.5, 0.6) is 0 Å². The van der Waals surface area contributed by atoms with E-state index in [2.05, 4.69) is 36.5 Å². The molecule has 0 spiro atoms. The van der Waals surface area contributed by atoms with E-state index in [0.29, 0.717) is 12.5 Å². The van der Waals surface area contributed by atoms with Crippen molar-refractivity contribution in [2.24, 2.45) is 0 Å². The van der Waals surface area contributed by atoms with Gasteiger partial charge in [0.1, 0.15) is 5.60 Å². The number of carbonyl (C=O) groups is 1. The average Bonchev–Trinajstić information content (AvgIpc) is 3.23. The minimum atomic E-state index is -0.497. The van der Waals surface area contributed by atoms with E-state index in [9.17, 15) is 4.79 Å². The minimum Gasteiger partial charge on any atom is -0.444 e. The summed E-state index contributed by atoms with van der Waals surface area (Å²) in [4.78, 5) is 20.8. The van der Waals surface area contributed by atoms with Crippen LogP contribution >= 0.6 is 15.9 Å². The van der Waals surface area contributed by atoms with Crippen molar-refractivity contribution in [3.63, 3.8) is 0 Å². The number of alkyl carbamates (subject to hydrolysis) is 1. The van der Waals surface area contributed by atoms with Crippen molar-refractivity contribution in [3.8, 4) is 0 Å². The summed E-state index contributed by atoms with van der Waals surface area (Å²) in [7, 11) is 0. The second kappa shape index (κ2) is 6.20. The molecule has 2 N–H and O–H groups in total. The summed E-state index contributed by atoms with van der Waals surface area (Å²) in [6.07, 6.45) is 3.24. The predicted molar refractivity (Wildman–Crippen MR) is 97.1 cm³/mol. The lowest BCUT2D eigenvalue weighted by Gasteiger charge is -2.23. The Morgan fingerprint density at radius 2 is 2.12 bits per heavy atom. The highest BCUT2D eigenvalue weighted by molar-refractivity contribution is 9.10. The molecule has 1 aromatic carbocycles. The molecule has 0 radical (unpaired) electrons. The highest BCUT2D eigenvalue weighted by Gasteiger charge is 2.45. The van der Waals surface area contributed by atoms with Crippen LogP contribution in [0, 0.1) is 0 Å². The second-order valence-corrected chi connectivity index (χ2v) is 8.07. The Bertz CT molecular complexity index is 769. The molecule has 6 nitrogen and oxygen atoms in total. The normalized spacial score (nSPS) is 15.8. The van der Waals surface area contributed by atoms with Crippen molar-refractivity contribution < 1.29 is 9.53 Å². The summed E-state index contributed by atoms with van der Waals surface area (Å²) >= 11 is 3.44. The van der Waals surface area contributed by atoms with E-state index < -0.39 is 5.60 Å². The highest BCUT2D eigenvalue weighted by atomic mass is 79.9. The number of hydrogen-bond donors (Lipinski definition) is 2. The number of benzene rings is 1.